The van der Waals surface area contributed by atoms with E-state index in [4.69, 9.17) is 16.3 Å². The van der Waals surface area contributed by atoms with E-state index in [0.29, 0.717) is 6.42 Å². The van der Waals surface area contributed by atoms with Gasteiger partial charge < -0.3 is 52.9 Å². The van der Waals surface area contributed by atoms with Gasteiger partial charge in [0, 0.05) is 0 Å². The van der Waals surface area contributed by atoms with Gasteiger partial charge in [-0.2, -0.15) is 6.41 Å². The molecule has 0 bridgehead atoms. The molecule has 0 aliphatic rings. The second kappa shape index (κ2) is 63.6. The van der Waals surface area contributed by atoms with Crippen LogP contribution in [0.15, 0.2) is 55.1 Å². The van der Waals surface area contributed by atoms with Crippen LogP contribution in [0.5, 0.6) is 0 Å². The quantitative estimate of drug-likeness (QED) is 0.0412. The number of nitrogens with one attached hydrogen (secondary N) is 4. The van der Waals surface area contributed by atoms with E-state index in [2.05, 4.69) is 107 Å². The van der Waals surface area contributed by atoms with E-state index in [1.807, 2.05) is 78.8 Å². The first kappa shape index (κ1) is 78.4. The monoisotopic (exact) mass is 957 g/mol. The third kappa shape index (κ3) is 70.5. The van der Waals surface area contributed by atoms with E-state index in [1.165, 1.54) is 37.9 Å². The maximum Gasteiger partial charge on any atom is 2.00 e. The summed E-state index contributed by atoms with van der Waals surface area (Å²) in [6.45, 7) is 35.7. The molecule has 1 aromatic rings. The van der Waals surface area contributed by atoms with Gasteiger partial charge in [-0.05, 0) is 70.2 Å². The number of ketones is 1. The summed E-state index contributed by atoms with van der Waals surface area (Å²) in [6, 6.07) is 7.27. The number of carbonyl (C=O) groups is 5. The van der Waals surface area contributed by atoms with Crippen molar-refractivity contribution in [1.82, 2.24) is 21.3 Å². The molecule has 0 spiro atoms. The van der Waals surface area contributed by atoms with Gasteiger partial charge in [0.15, 0.2) is 0 Å². The Morgan fingerprint density at radius 1 is 0.839 bits per heavy atom. The first-order chi connectivity index (χ1) is 28.8. The van der Waals surface area contributed by atoms with Crippen LogP contribution in [0.2, 0.25) is 0 Å². The summed E-state index contributed by atoms with van der Waals surface area (Å²) >= 11 is 0. The number of carbonyl (C=O) groups excluding carboxylic acids is 7. The molecule has 15 heteroatoms. The van der Waals surface area contributed by atoms with Crippen molar-refractivity contribution in [3.63, 3.8) is 0 Å². The van der Waals surface area contributed by atoms with Crippen LogP contribution in [-0.2, 0) is 55.9 Å². The molecule has 2 atom stereocenters. The standard InChI is InChI=1S/C14H23N4O5.C14H16.C5H10NO.C4H10.C3H9N.C3H8.C2H6.CH5N.CH2O.Nb/c1-9(2)4-11(14(23)17-5-10(3)20)18-13(22)7-16-12(21)6-15-8-19;1-4-6-7-13(5-2)14-10-8-12(3)9-11-14;1-4(2)5(6)3-7;1-4(2)3;1-2-3-4;1-3-2;3*1-2;/h9,11H,4-7H2,1-3H3,(H,15,19)(H,16,21)(H,17,23)(H,18,22);4-11H,2H2,1,3H3;4-5H,6H2,1-2H3;4H,1-3H3;2-4H2,1H3;3H2,1-2H3;1-2H3;2H2,1H3;1H2;/q-1;;-1;;;;;;;+2/b;6-4-,13-7+;;;;;;;;. The SMILES string of the molecule is C=C/C(=C\C=C/C)c1ccc(C)cc1.C=O.CC.CC(=O)CNC(=O)C(CC(C)C)NC(=O)CNC(=O)CN[C-]=O.CC(C)C.CC(C)C(N)[C-]=O.CCC.CCCN.CN.[Nb+2]. The van der Waals surface area contributed by atoms with Gasteiger partial charge in [0.1, 0.15) is 18.6 Å². The number of hydrogen-bond donors (Lipinski definition) is 7. The Hall–Kier alpha value is -4.05. The Labute approximate surface area is 393 Å². The predicted octanol–water partition coefficient (Wildman–Crippen LogP) is 6.06. The number of amides is 4. The Bertz CT molecular complexity index is 1240. The molecule has 10 N–H and O–H groups in total. The van der Waals surface area contributed by atoms with Crippen LogP contribution in [0.25, 0.3) is 5.57 Å². The third-order valence-corrected chi connectivity index (χ3v) is 5.85. The van der Waals surface area contributed by atoms with Gasteiger partial charge in [-0.25, -0.2) is 6.29 Å². The molecule has 0 saturated heterocycles. The number of allylic oxidation sites excluding steroid dienone is 5. The predicted molar refractivity (Wildman–Crippen MR) is 259 cm³/mol. The number of rotatable bonds is 17. The van der Waals surface area contributed by atoms with Crippen molar-refractivity contribution < 1.29 is 55.9 Å². The fourth-order valence-corrected chi connectivity index (χ4v) is 3.00. The third-order valence-electron chi connectivity index (χ3n) is 5.85. The summed E-state index contributed by atoms with van der Waals surface area (Å²) in [5.74, 6) is -0.546. The number of hydrogen-bond acceptors (Lipinski definition) is 10. The maximum atomic E-state index is 12.0. The van der Waals surface area contributed by atoms with E-state index in [-0.39, 0.29) is 59.6 Å². The zero-order valence-electron chi connectivity index (χ0n) is 41.4. The molecule has 2 unspecified atom stereocenters. The summed E-state index contributed by atoms with van der Waals surface area (Å²) < 4.78 is 0. The Morgan fingerprint density at radius 3 is 1.60 bits per heavy atom. The molecular formula is C47H89N7NbO7. The van der Waals surface area contributed by atoms with Crippen LogP contribution in [0, 0.1) is 24.7 Å². The van der Waals surface area contributed by atoms with Crippen LogP contribution >= 0.6 is 0 Å². The average Bonchev–Trinajstić information content (AvgIpc) is 3.24. The van der Waals surface area contributed by atoms with E-state index < -0.39 is 29.8 Å². The number of aryl methyl sites for hydroxylation is 1. The summed E-state index contributed by atoms with van der Waals surface area (Å²) in [7, 11) is 1.50. The molecule has 0 aliphatic heterocycles. The minimum Gasteiger partial charge on any atom is -0.540 e. The van der Waals surface area contributed by atoms with Gasteiger partial charge in [0.25, 0.3) is 0 Å². The summed E-state index contributed by atoms with van der Waals surface area (Å²) in [5.41, 5.74) is 18.4. The minimum atomic E-state index is -0.791. The molecule has 62 heavy (non-hydrogen) atoms. The first-order valence-corrected chi connectivity index (χ1v) is 20.9. The van der Waals surface area contributed by atoms with Crippen molar-refractivity contribution in [2.45, 2.75) is 135 Å². The van der Waals surface area contributed by atoms with Crippen LogP contribution in [-0.4, -0.2) is 88.3 Å². The number of Topliss-reactive ketones (excluding diaryl/α,β-unsaturated/α-hetero) is 1. The van der Waals surface area contributed by atoms with Gasteiger partial charge in [0.2, 0.25) is 17.7 Å². The fourth-order valence-electron chi connectivity index (χ4n) is 3.00. The molecular weight excluding hydrogens is 867 g/mol. The number of nitrogens with two attached hydrogens (primary N) is 3. The summed E-state index contributed by atoms with van der Waals surface area (Å²) in [5, 5.41) is 9.28. The zero-order valence-corrected chi connectivity index (χ0v) is 43.6. The molecule has 359 valence electrons. The van der Waals surface area contributed by atoms with Crippen molar-refractivity contribution in [1.29, 1.82) is 0 Å². The van der Waals surface area contributed by atoms with Crippen LogP contribution in [0.1, 0.15) is 127 Å². The fraction of sp³-hybridized carbons (Fsp3) is 0.596. The van der Waals surface area contributed by atoms with Crippen LogP contribution in [0.3, 0.4) is 0 Å². The van der Waals surface area contributed by atoms with Crippen LogP contribution < -0.4 is 38.5 Å². The Balaban J connectivity index is -0.0000000872. The summed E-state index contributed by atoms with van der Waals surface area (Å²) in [6.07, 6.45) is 13.8. The Kier molecular flexibility index (Phi) is 80.4. The average molecular weight is 957 g/mol. The topological polar surface area (TPSA) is 246 Å². The molecule has 0 fully saturated rings. The molecule has 0 heterocycles. The van der Waals surface area contributed by atoms with E-state index in [1.54, 1.807) is 6.29 Å². The molecule has 0 aliphatic carbocycles. The Morgan fingerprint density at radius 2 is 1.29 bits per heavy atom. The molecule has 0 aromatic heterocycles. The van der Waals surface area contributed by atoms with E-state index >= 15 is 0 Å². The van der Waals surface area contributed by atoms with Crippen LogP contribution in [0.4, 0.5) is 0 Å². The molecule has 1 aromatic carbocycles. The van der Waals surface area contributed by atoms with Crippen molar-refractivity contribution in [3.05, 3.63) is 66.3 Å². The van der Waals surface area contributed by atoms with Gasteiger partial charge in [-0.15, -0.1) is 0 Å². The molecule has 0 saturated carbocycles. The number of benzene rings is 1. The maximum absolute atomic E-state index is 12.0. The van der Waals surface area contributed by atoms with Gasteiger partial charge >= 0.3 is 22.4 Å². The summed E-state index contributed by atoms with van der Waals surface area (Å²) in [4.78, 5) is 73.5. The van der Waals surface area contributed by atoms with Crippen molar-refractivity contribution in [2.75, 3.05) is 33.2 Å². The van der Waals surface area contributed by atoms with E-state index in [0.717, 1.165) is 24.5 Å². The van der Waals surface area contributed by atoms with Gasteiger partial charge in [0.05, 0.1) is 19.6 Å². The molecule has 4 amide bonds. The second-order valence-corrected chi connectivity index (χ2v) is 13.7. The molecule has 14 nitrogen and oxygen atoms in total. The molecule has 1 rings (SSSR count). The normalized spacial score (nSPS) is 10.1. The van der Waals surface area contributed by atoms with Crippen molar-refractivity contribution in [2.24, 2.45) is 35.0 Å². The largest absolute Gasteiger partial charge is 2.00 e. The first-order valence-electron chi connectivity index (χ1n) is 20.9. The smallest absolute Gasteiger partial charge is 0.540 e. The molecule has 1 radical (unpaired) electrons. The second-order valence-electron chi connectivity index (χ2n) is 13.7. The zero-order chi connectivity index (χ0) is 49.8. The van der Waals surface area contributed by atoms with Crippen molar-refractivity contribution in [3.8, 4) is 0 Å². The minimum absolute atomic E-state index is 0. The van der Waals surface area contributed by atoms with E-state index in [9.17, 15) is 28.8 Å². The van der Waals surface area contributed by atoms with Gasteiger partial charge in [-0.1, -0.05) is 162 Å². The van der Waals surface area contributed by atoms with Crippen molar-refractivity contribution >= 4 is 48.6 Å². The van der Waals surface area contributed by atoms with Gasteiger partial charge in [-0.3, -0.25) is 19.2 Å².